The largest absolute Gasteiger partial charge is 0.298 e. The number of hydrogen-bond donors (Lipinski definition) is 1. The van der Waals surface area contributed by atoms with Crippen LogP contribution >= 0.6 is 23.7 Å². The van der Waals surface area contributed by atoms with Crippen molar-refractivity contribution in [1.29, 1.82) is 0 Å². The highest BCUT2D eigenvalue weighted by atomic mass is 35.5. The molecule has 0 aliphatic carbocycles. The van der Waals surface area contributed by atoms with Gasteiger partial charge in [-0.25, -0.2) is 13.4 Å². The SMILES string of the molecule is CCN1CCc2nc(NC(=O)c3ccc(S(C)(=O)=O)cc3)sc2C1.Cl. The number of rotatable bonds is 4. The van der Waals surface area contributed by atoms with Crippen molar-refractivity contribution in [2.24, 2.45) is 0 Å². The highest BCUT2D eigenvalue weighted by Crippen LogP contribution is 2.28. The maximum Gasteiger partial charge on any atom is 0.257 e. The summed E-state index contributed by atoms with van der Waals surface area (Å²) in [5.41, 5.74) is 1.47. The molecule has 1 aliphatic rings. The second-order valence-corrected chi connectivity index (χ2v) is 8.86. The minimum Gasteiger partial charge on any atom is -0.298 e. The van der Waals surface area contributed by atoms with E-state index in [1.54, 1.807) is 0 Å². The predicted octanol–water partition coefficient (Wildman–Crippen LogP) is 2.60. The fourth-order valence-corrected chi connectivity index (χ4v) is 4.27. The van der Waals surface area contributed by atoms with Gasteiger partial charge in [-0.15, -0.1) is 23.7 Å². The number of aromatic nitrogens is 1. The Morgan fingerprint density at radius 1 is 1.32 bits per heavy atom. The number of amides is 1. The molecule has 3 rings (SSSR count). The number of carbonyl (C=O) groups excluding carboxylic acids is 1. The zero-order chi connectivity index (χ0) is 17.3. The lowest BCUT2D eigenvalue weighted by Gasteiger charge is -2.23. The Bertz CT molecular complexity index is 863. The first-order valence-corrected chi connectivity index (χ1v) is 10.4. The van der Waals surface area contributed by atoms with Gasteiger partial charge in [0.05, 0.1) is 10.6 Å². The quantitative estimate of drug-likeness (QED) is 0.851. The molecule has 136 valence electrons. The Labute approximate surface area is 157 Å². The molecule has 0 bridgehead atoms. The number of hydrogen-bond acceptors (Lipinski definition) is 6. The molecule has 0 spiro atoms. The number of thiazole rings is 1. The van der Waals surface area contributed by atoms with Gasteiger partial charge in [0.25, 0.3) is 5.91 Å². The molecule has 1 amide bonds. The summed E-state index contributed by atoms with van der Waals surface area (Å²) in [6.45, 7) is 5.01. The smallest absolute Gasteiger partial charge is 0.257 e. The van der Waals surface area contributed by atoms with Crippen molar-refractivity contribution in [3.8, 4) is 0 Å². The van der Waals surface area contributed by atoms with Gasteiger partial charge in [-0.1, -0.05) is 6.92 Å². The van der Waals surface area contributed by atoms with Crippen molar-refractivity contribution in [3.63, 3.8) is 0 Å². The Hall–Kier alpha value is -1.48. The van der Waals surface area contributed by atoms with Gasteiger partial charge < -0.3 is 0 Å². The standard InChI is InChI=1S/C16H19N3O3S2.ClH/c1-3-19-9-8-13-14(10-19)23-16(17-13)18-15(20)11-4-6-12(7-5-11)24(2,21)22;/h4-7H,3,8-10H2,1-2H3,(H,17,18,20);1H. The summed E-state index contributed by atoms with van der Waals surface area (Å²) >= 11 is 1.50. The summed E-state index contributed by atoms with van der Waals surface area (Å²) in [7, 11) is -3.26. The maximum atomic E-state index is 12.3. The van der Waals surface area contributed by atoms with E-state index in [0.717, 1.165) is 38.0 Å². The molecule has 0 atom stereocenters. The number of nitrogens with one attached hydrogen (secondary N) is 1. The number of sulfone groups is 1. The van der Waals surface area contributed by atoms with Crippen LogP contribution in [0.15, 0.2) is 29.2 Å². The lowest BCUT2D eigenvalue weighted by Crippen LogP contribution is -2.29. The van der Waals surface area contributed by atoms with Crippen LogP contribution in [0.5, 0.6) is 0 Å². The molecule has 0 saturated carbocycles. The molecule has 1 aliphatic heterocycles. The summed E-state index contributed by atoms with van der Waals surface area (Å²) < 4.78 is 22.9. The molecular formula is C16H20ClN3O3S2. The van der Waals surface area contributed by atoms with Crippen LogP contribution < -0.4 is 5.32 Å². The number of anilines is 1. The van der Waals surface area contributed by atoms with Crippen LogP contribution in [-0.2, 0) is 22.8 Å². The molecule has 0 saturated heterocycles. The first-order chi connectivity index (χ1) is 11.4. The van der Waals surface area contributed by atoms with Gasteiger partial charge in [0, 0.05) is 36.2 Å². The van der Waals surface area contributed by atoms with Crippen LogP contribution in [0.4, 0.5) is 5.13 Å². The van der Waals surface area contributed by atoms with Gasteiger partial charge in [0.2, 0.25) is 0 Å². The summed E-state index contributed by atoms with van der Waals surface area (Å²) in [4.78, 5) is 20.6. The van der Waals surface area contributed by atoms with Crippen LogP contribution in [0.2, 0.25) is 0 Å². The van der Waals surface area contributed by atoms with Crippen LogP contribution in [0, 0.1) is 0 Å². The van der Waals surface area contributed by atoms with E-state index in [0.29, 0.717) is 10.7 Å². The molecule has 0 unspecified atom stereocenters. The van der Waals surface area contributed by atoms with Crippen LogP contribution in [0.3, 0.4) is 0 Å². The summed E-state index contributed by atoms with van der Waals surface area (Å²) in [6, 6.07) is 5.91. The topological polar surface area (TPSA) is 79.4 Å². The van der Waals surface area contributed by atoms with Gasteiger partial charge in [0.15, 0.2) is 15.0 Å². The van der Waals surface area contributed by atoms with E-state index in [9.17, 15) is 13.2 Å². The Morgan fingerprint density at radius 3 is 2.60 bits per heavy atom. The summed E-state index contributed by atoms with van der Waals surface area (Å²) in [5, 5.41) is 3.40. The predicted molar refractivity (Wildman–Crippen MR) is 102 cm³/mol. The van der Waals surface area contributed by atoms with Crippen LogP contribution in [0.1, 0.15) is 27.9 Å². The minimum atomic E-state index is -3.26. The summed E-state index contributed by atoms with van der Waals surface area (Å²) in [6.07, 6.45) is 2.04. The first kappa shape index (κ1) is 19.8. The highest BCUT2D eigenvalue weighted by Gasteiger charge is 2.20. The third kappa shape index (κ3) is 4.58. The normalized spacial score (nSPS) is 14.5. The zero-order valence-electron chi connectivity index (χ0n) is 14.0. The third-order valence-electron chi connectivity index (χ3n) is 4.02. The maximum absolute atomic E-state index is 12.3. The van der Waals surface area contributed by atoms with E-state index < -0.39 is 9.84 Å². The average Bonchev–Trinajstić information content (AvgIpc) is 2.95. The molecule has 9 heteroatoms. The van der Waals surface area contributed by atoms with Crippen molar-refractivity contribution in [3.05, 3.63) is 40.4 Å². The van der Waals surface area contributed by atoms with Crippen molar-refractivity contribution in [1.82, 2.24) is 9.88 Å². The number of nitrogens with zero attached hydrogens (tertiary/aromatic N) is 2. The molecular weight excluding hydrogens is 382 g/mol. The van der Waals surface area contributed by atoms with E-state index >= 15 is 0 Å². The van der Waals surface area contributed by atoms with Crippen molar-refractivity contribution < 1.29 is 13.2 Å². The first-order valence-electron chi connectivity index (χ1n) is 7.69. The van der Waals surface area contributed by atoms with E-state index in [-0.39, 0.29) is 23.2 Å². The van der Waals surface area contributed by atoms with E-state index in [4.69, 9.17) is 0 Å². The Kier molecular flexibility index (Phi) is 6.21. The van der Waals surface area contributed by atoms with Gasteiger partial charge >= 0.3 is 0 Å². The lowest BCUT2D eigenvalue weighted by molar-refractivity contribution is 0.102. The van der Waals surface area contributed by atoms with Crippen molar-refractivity contribution >= 4 is 44.6 Å². The molecule has 0 fully saturated rings. The third-order valence-corrected chi connectivity index (χ3v) is 6.15. The fraction of sp³-hybridized carbons (Fsp3) is 0.375. The second-order valence-electron chi connectivity index (χ2n) is 5.76. The van der Waals surface area contributed by atoms with Gasteiger partial charge in [-0.3, -0.25) is 15.0 Å². The molecule has 1 N–H and O–H groups in total. The number of benzene rings is 1. The van der Waals surface area contributed by atoms with Crippen LogP contribution in [0.25, 0.3) is 0 Å². The second kappa shape index (κ2) is 7.82. The molecule has 2 heterocycles. The minimum absolute atomic E-state index is 0. The van der Waals surface area contributed by atoms with E-state index in [1.165, 1.54) is 40.5 Å². The fourth-order valence-electron chi connectivity index (χ4n) is 2.59. The monoisotopic (exact) mass is 401 g/mol. The summed E-state index contributed by atoms with van der Waals surface area (Å²) in [5.74, 6) is -0.284. The number of fused-ring (bicyclic) bond motifs is 1. The number of halogens is 1. The molecule has 1 aromatic carbocycles. The number of likely N-dealkylation sites (N-methyl/N-ethyl adjacent to an activating group) is 1. The van der Waals surface area contributed by atoms with Crippen molar-refractivity contribution in [2.45, 2.75) is 24.8 Å². The average molecular weight is 402 g/mol. The highest BCUT2D eigenvalue weighted by molar-refractivity contribution is 7.90. The van der Waals surface area contributed by atoms with E-state index in [2.05, 4.69) is 22.1 Å². The lowest BCUT2D eigenvalue weighted by atomic mass is 10.2. The molecule has 25 heavy (non-hydrogen) atoms. The van der Waals surface area contributed by atoms with E-state index in [1.807, 2.05) is 0 Å². The Balaban J connectivity index is 0.00000225. The number of carbonyl (C=O) groups is 1. The molecule has 6 nitrogen and oxygen atoms in total. The van der Waals surface area contributed by atoms with Crippen molar-refractivity contribution in [2.75, 3.05) is 24.7 Å². The molecule has 1 aromatic heterocycles. The molecule has 0 radical (unpaired) electrons. The Morgan fingerprint density at radius 2 is 2.00 bits per heavy atom. The van der Waals surface area contributed by atoms with Crippen LogP contribution in [-0.4, -0.2) is 43.6 Å². The molecule has 2 aromatic rings. The zero-order valence-corrected chi connectivity index (χ0v) is 16.4. The van der Waals surface area contributed by atoms with Gasteiger partial charge in [-0.2, -0.15) is 0 Å². The van der Waals surface area contributed by atoms with Gasteiger partial charge in [0.1, 0.15) is 0 Å². The van der Waals surface area contributed by atoms with Gasteiger partial charge in [-0.05, 0) is 30.8 Å².